The van der Waals surface area contributed by atoms with Crippen molar-refractivity contribution >= 4 is 11.8 Å². The van der Waals surface area contributed by atoms with Crippen LogP contribution in [-0.4, -0.2) is 57.9 Å². The molecule has 0 spiro atoms. The van der Waals surface area contributed by atoms with Gasteiger partial charge < -0.3 is 9.47 Å². The summed E-state index contributed by atoms with van der Waals surface area (Å²) in [5.74, 6) is 9.68. The largest absolute Gasteiger partial charge is 0.374 e. The lowest BCUT2D eigenvalue weighted by Crippen LogP contribution is -2.57. The van der Waals surface area contributed by atoms with Crippen LogP contribution in [0, 0.1) is 59.2 Å². The minimum Gasteiger partial charge on any atom is -0.374 e. The molecule has 11 fully saturated rings. The van der Waals surface area contributed by atoms with Gasteiger partial charge >= 0.3 is 0 Å². The molecule has 0 aromatic heterocycles. The van der Waals surface area contributed by atoms with Crippen LogP contribution < -0.4 is 0 Å². The van der Waals surface area contributed by atoms with E-state index in [4.69, 9.17) is 9.47 Å². The predicted octanol–water partition coefficient (Wildman–Crippen LogP) is 12.0. The molecule has 4 heteroatoms. The van der Waals surface area contributed by atoms with E-state index in [1.807, 2.05) is 0 Å². The zero-order valence-corrected chi connectivity index (χ0v) is 34.0. The summed E-state index contributed by atoms with van der Waals surface area (Å²) in [5, 5.41) is 1.83. The molecule has 11 aliphatic rings. The first-order chi connectivity index (χ1) is 25.8. The minimum absolute atomic E-state index is 0.607. The van der Waals surface area contributed by atoms with Crippen molar-refractivity contribution in [3.05, 3.63) is 0 Å². The van der Waals surface area contributed by atoms with Crippen LogP contribution in [0.3, 0.4) is 0 Å². The summed E-state index contributed by atoms with van der Waals surface area (Å²) in [7, 11) is 0. The van der Waals surface area contributed by atoms with Gasteiger partial charge in [-0.05, 0) is 175 Å². The number of hydrogen-bond donors (Lipinski definition) is 0. The fourth-order valence-corrected chi connectivity index (χ4v) is 19.7. The molecule has 3 saturated heterocycles. The normalized spacial score (nSPS) is 53.7. The third kappa shape index (κ3) is 6.37. The first-order valence-electron chi connectivity index (χ1n) is 24.5. The molecule has 14 unspecified atom stereocenters. The summed E-state index contributed by atoms with van der Waals surface area (Å²) >= 11 is 2.60. The standard InChI is InChI=1S/C48H77NO2S/c1-2-9-30(10-3-1)31-17-22-34(23-18-31)49(35-24-19-32(20-25-35)33-21-26-37-36-11-4-6-15-42(36)51-45(37)29-33)41-14-8-13-38-39-27-28-44-46(48(39)52-47(38)41)40-12-5-7-16-43(40)50-44/h30-48H,1-29H2. The lowest BCUT2D eigenvalue weighted by atomic mass is 9.64. The van der Waals surface area contributed by atoms with Gasteiger partial charge in [-0.15, -0.1) is 0 Å². The fraction of sp³-hybridized carbons (Fsp3) is 1.00. The van der Waals surface area contributed by atoms with Crippen LogP contribution in [0.25, 0.3) is 0 Å². The first-order valence-corrected chi connectivity index (χ1v) is 25.4. The molecule has 0 bridgehead atoms. The van der Waals surface area contributed by atoms with Crippen molar-refractivity contribution in [2.75, 3.05) is 0 Å². The Kier molecular flexibility index (Phi) is 10.3. The minimum atomic E-state index is 0.607. The van der Waals surface area contributed by atoms with Gasteiger partial charge in [0, 0.05) is 34.5 Å². The monoisotopic (exact) mass is 732 g/mol. The van der Waals surface area contributed by atoms with Gasteiger partial charge in [-0.3, -0.25) is 4.90 Å². The number of thioether (sulfide) groups is 1. The van der Waals surface area contributed by atoms with Crippen LogP contribution in [0.15, 0.2) is 0 Å². The van der Waals surface area contributed by atoms with E-state index in [-0.39, 0.29) is 0 Å². The van der Waals surface area contributed by atoms with Gasteiger partial charge in [-0.2, -0.15) is 11.8 Å². The molecule has 0 N–H and O–H groups in total. The molecule has 3 heterocycles. The summed E-state index contributed by atoms with van der Waals surface area (Å²) in [6, 6.07) is 2.61. The van der Waals surface area contributed by atoms with Crippen molar-refractivity contribution in [1.82, 2.24) is 4.90 Å². The van der Waals surface area contributed by atoms with Crippen LogP contribution in [0.1, 0.15) is 186 Å². The lowest BCUT2D eigenvalue weighted by molar-refractivity contribution is -0.0283. The van der Waals surface area contributed by atoms with Gasteiger partial charge in [0.25, 0.3) is 0 Å². The molecule has 0 amide bonds. The van der Waals surface area contributed by atoms with Crippen molar-refractivity contribution < 1.29 is 9.47 Å². The molecule has 8 aliphatic carbocycles. The Labute approximate surface area is 323 Å². The molecule has 292 valence electrons. The summed E-state index contributed by atoms with van der Waals surface area (Å²) in [6.45, 7) is 0. The van der Waals surface area contributed by atoms with E-state index >= 15 is 0 Å². The van der Waals surface area contributed by atoms with Crippen molar-refractivity contribution in [2.45, 2.75) is 239 Å². The first kappa shape index (κ1) is 35.4. The Morgan fingerprint density at radius 3 is 1.65 bits per heavy atom. The Bertz CT molecular complexity index is 1200. The fourth-order valence-electron chi connectivity index (χ4n) is 17.3. The molecular weight excluding hydrogens is 655 g/mol. The van der Waals surface area contributed by atoms with Crippen LogP contribution >= 0.6 is 11.8 Å². The lowest BCUT2D eigenvalue weighted by Gasteiger charge is -2.52. The maximum Gasteiger partial charge on any atom is 0.0621 e. The second-order valence-corrected chi connectivity index (χ2v) is 22.9. The van der Waals surface area contributed by atoms with E-state index in [2.05, 4.69) is 16.7 Å². The Hall–Kier alpha value is 0.230. The Morgan fingerprint density at radius 2 is 0.885 bits per heavy atom. The Balaban J connectivity index is 0.803. The van der Waals surface area contributed by atoms with Crippen molar-refractivity contribution in [1.29, 1.82) is 0 Å². The maximum atomic E-state index is 6.93. The molecule has 0 aromatic carbocycles. The number of fused-ring (bicyclic) bond motifs is 10. The third-order valence-electron chi connectivity index (χ3n) is 19.5. The summed E-state index contributed by atoms with van der Waals surface area (Å²) in [4.78, 5) is 3.40. The summed E-state index contributed by atoms with van der Waals surface area (Å²) < 4.78 is 13.8. The number of nitrogens with zero attached hydrogens (tertiary/aromatic N) is 1. The molecule has 8 saturated carbocycles. The highest BCUT2D eigenvalue weighted by Crippen LogP contribution is 2.62. The van der Waals surface area contributed by atoms with Gasteiger partial charge in [0.1, 0.15) is 0 Å². The maximum absolute atomic E-state index is 6.93. The second kappa shape index (κ2) is 15.2. The van der Waals surface area contributed by atoms with Crippen molar-refractivity contribution in [3.63, 3.8) is 0 Å². The highest BCUT2D eigenvalue weighted by molar-refractivity contribution is 8.00. The van der Waals surface area contributed by atoms with Crippen LogP contribution in [-0.2, 0) is 9.47 Å². The zero-order chi connectivity index (χ0) is 34.2. The molecule has 0 radical (unpaired) electrons. The van der Waals surface area contributed by atoms with Crippen molar-refractivity contribution in [3.8, 4) is 0 Å². The molecule has 3 nitrogen and oxygen atoms in total. The smallest absolute Gasteiger partial charge is 0.0621 e. The highest BCUT2D eigenvalue weighted by Gasteiger charge is 2.60. The predicted molar refractivity (Wildman–Crippen MR) is 214 cm³/mol. The highest BCUT2D eigenvalue weighted by atomic mass is 32.2. The average molecular weight is 732 g/mol. The van der Waals surface area contributed by atoms with Crippen molar-refractivity contribution in [2.24, 2.45) is 59.2 Å². The number of rotatable bonds is 5. The number of hydrogen-bond acceptors (Lipinski definition) is 4. The van der Waals surface area contributed by atoms with Crippen LogP contribution in [0.2, 0.25) is 0 Å². The molecule has 11 rings (SSSR count). The average Bonchev–Trinajstić information content (AvgIpc) is 3.90. The molecule has 14 atom stereocenters. The Morgan fingerprint density at radius 1 is 0.346 bits per heavy atom. The van der Waals surface area contributed by atoms with E-state index < -0.39 is 0 Å². The molecular formula is C48H77NO2S. The quantitative estimate of drug-likeness (QED) is 0.281. The van der Waals surface area contributed by atoms with E-state index in [0.717, 1.165) is 87.8 Å². The van der Waals surface area contributed by atoms with Gasteiger partial charge in [0.15, 0.2) is 0 Å². The van der Waals surface area contributed by atoms with E-state index in [0.29, 0.717) is 24.4 Å². The van der Waals surface area contributed by atoms with Gasteiger partial charge in [-0.25, -0.2) is 0 Å². The zero-order valence-electron chi connectivity index (χ0n) is 33.1. The van der Waals surface area contributed by atoms with E-state index in [1.165, 1.54) is 154 Å². The van der Waals surface area contributed by atoms with E-state index in [9.17, 15) is 0 Å². The topological polar surface area (TPSA) is 21.7 Å². The van der Waals surface area contributed by atoms with E-state index in [1.54, 1.807) is 32.1 Å². The van der Waals surface area contributed by atoms with Crippen LogP contribution in [0.4, 0.5) is 0 Å². The molecule has 52 heavy (non-hydrogen) atoms. The van der Waals surface area contributed by atoms with Gasteiger partial charge in [0.05, 0.1) is 24.4 Å². The van der Waals surface area contributed by atoms with Gasteiger partial charge in [-0.1, -0.05) is 64.2 Å². The SMILES string of the molecule is C1CCC(C2CCC(N(C3CCC(C4CCC5C(C4)OC4CCCCC45)CC3)C3CCCC4C5CCC6OC7CCCCC7C6C5SC43)CC2)CC1. The molecule has 0 aromatic rings. The second-order valence-electron chi connectivity index (χ2n) is 21.6. The van der Waals surface area contributed by atoms with Crippen LogP contribution in [0.5, 0.6) is 0 Å². The van der Waals surface area contributed by atoms with Gasteiger partial charge in [0.2, 0.25) is 0 Å². The summed E-state index contributed by atoms with van der Waals surface area (Å²) in [5.41, 5.74) is 0. The summed E-state index contributed by atoms with van der Waals surface area (Å²) in [6.07, 6.45) is 45.7. The third-order valence-corrected chi connectivity index (χ3v) is 21.5. The molecule has 3 aliphatic heterocycles. The number of ether oxygens (including phenoxy) is 2.